The standard InChI is InChI=1S/C7H5Cl2O/c8-7(9,10)6-4-2-1-3-5-6/h1-4,10H. The third-order valence-electron chi connectivity index (χ3n) is 1.03. The summed E-state index contributed by atoms with van der Waals surface area (Å²) in [6.45, 7) is 0. The van der Waals surface area contributed by atoms with E-state index in [1.165, 1.54) is 0 Å². The van der Waals surface area contributed by atoms with Gasteiger partial charge in [-0.25, -0.2) is 0 Å². The van der Waals surface area contributed by atoms with Crippen LogP contribution in [0.5, 0.6) is 0 Å². The Hall–Kier alpha value is -0.240. The molecule has 0 aromatic heterocycles. The van der Waals surface area contributed by atoms with Crippen LogP contribution >= 0.6 is 23.2 Å². The largest absolute Gasteiger partial charge is 0.359 e. The number of halogens is 2. The Morgan fingerprint density at radius 1 is 1.40 bits per heavy atom. The average Bonchev–Trinajstić information content (AvgIpc) is 1.88. The minimum absolute atomic E-state index is 0.360. The quantitative estimate of drug-likeness (QED) is 0.649. The zero-order valence-electron chi connectivity index (χ0n) is 5.01. The summed E-state index contributed by atoms with van der Waals surface area (Å²) in [5, 5.41) is 8.99. The van der Waals surface area contributed by atoms with Crippen molar-refractivity contribution in [2.45, 2.75) is 4.52 Å². The first kappa shape index (κ1) is 7.86. The number of alkyl halides is 2. The average molecular weight is 176 g/mol. The molecule has 1 radical (unpaired) electrons. The van der Waals surface area contributed by atoms with Crippen LogP contribution in [0.1, 0.15) is 5.56 Å². The van der Waals surface area contributed by atoms with Gasteiger partial charge >= 0.3 is 0 Å². The number of hydrogen-bond donors (Lipinski definition) is 1. The van der Waals surface area contributed by atoms with Gasteiger partial charge in [0.2, 0.25) is 4.52 Å². The first-order valence-electron chi connectivity index (χ1n) is 2.68. The maximum Gasteiger partial charge on any atom is 0.242 e. The molecule has 0 aliphatic carbocycles. The predicted octanol–water partition coefficient (Wildman–Crippen LogP) is 2.07. The van der Waals surface area contributed by atoms with Crippen molar-refractivity contribution in [3.8, 4) is 0 Å². The normalized spacial score (nSPS) is 11.5. The fourth-order valence-electron chi connectivity index (χ4n) is 0.580. The van der Waals surface area contributed by atoms with Gasteiger partial charge in [-0.1, -0.05) is 47.5 Å². The van der Waals surface area contributed by atoms with Crippen LogP contribution in [0.15, 0.2) is 24.3 Å². The Balaban J connectivity index is 2.97. The summed E-state index contributed by atoms with van der Waals surface area (Å²) in [5.41, 5.74) is 0.360. The molecule has 0 bridgehead atoms. The van der Waals surface area contributed by atoms with Crippen LogP contribution in [-0.4, -0.2) is 5.11 Å². The SMILES string of the molecule is OC(Cl)(Cl)c1[c]cccc1. The van der Waals surface area contributed by atoms with E-state index in [1.807, 2.05) is 0 Å². The van der Waals surface area contributed by atoms with Gasteiger partial charge in [0.1, 0.15) is 0 Å². The minimum atomic E-state index is -1.82. The molecule has 3 heteroatoms. The van der Waals surface area contributed by atoms with E-state index < -0.39 is 4.52 Å². The molecule has 0 aliphatic rings. The Morgan fingerprint density at radius 2 is 2.10 bits per heavy atom. The summed E-state index contributed by atoms with van der Waals surface area (Å²) in [4.78, 5) is 0. The minimum Gasteiger partial charge on any atom is -0.359 e. The van der Waals surface area contributed by atoms with Crippen molar-refractivity contribution in [2.24, 2.45) is 0 Å². The topological polar surface area (TPSA) is 20.2 Å². The van der Waals surface area contributed by atoms with Crippen LogP contribution in [0.2, 0.25) is 0 Å². The highest BCUT2D eigenvalue weighted by Gasteiger charge is 2.21. The van der Waals surface area contributed by atoms with Crippen LogP contribution in [0, 0.1) is 6.07 Å². The zero-order chi connectivity index (χ0) is 7.61. The molecular weight excluding hydrogens is 171 g/mol. The molecule has 0 spiro atoms. The van der Waals surface area contributed by atoms with Gasteiger partial charge in [0.25, 0.3) is 0 Å². The van der Waals surface area contributed by atoms with E-state index in [1.54, 1.807) is 24.3 Å². The molecule has 0 atom stereocenters. The summed E-state index contributed by atoms with van der Waals surface area (Å²) in [7, 11) is 0. The van der Waals surface area contributed by atoms with Crippen LogP contribution < -0.4 is 0 Å². The highest BCUT2D eigenvalue weighted by Crippen LogP contribution is 2.29. The highest BCUT2D eigenvalue weighted by atomic mass is 35.5. The summed E-state index contributed by atoms with van der Waals surface area (Å²) in [5.74, 6) is 0. The van der Waals surface area contributed by atoms with Crippen molar-refractivity contribution in [3.63, 3.8) is 0 Å². The monoisotopic (exact) mass is 175 g/mol. The molecule has 1 rings (SSSR count). The summed E-state index contributed by atoms with van der Waals surface area (Å²) < 4.78 is -1.82. The van der Waals surface area contributed by atoms with Gasteiger partial charge in [0, 0.05) is 5.56 Å². The van der Waals surface area contributed by atoms with Crippen LogP contribution in [0.25, 0.3) is 0 Å². The van der Waals surface area contributed by atoms with Gasteiger partial charge in [-0.05, 0) is 6.07 Å². The molecule has 0 fully saturated rings. The number of benzene rings is 1. The summed E-state index contributed by atoms with van der Waals surface area (Å²) in [6, 6.07) is 9.41. The molecule has 53 valence electrons. The lowest BCUT2D eigenvalue weighted by atomic mass is 10.2. The maximum absolute atomic E-state index is 8.99. The van der Waals surface area contributed by atoms with Gasteiger partial charge in [-0.15, -0.1) is 0 Å². The maximum atomic E-state index is 8.99. The van der Waals surface area contributed by atoms with Gasteiger partial charge < -0.3 is 5.11 Å². The van der Waals surface area contributed by atoms with Gasteiger partial charge in [-0.3, -0.25) is 0 Å². The van der Waals surface area contributed by atoms with Crippen molar-refractivity contribution in [2.75, 3.05) is 0 Å². The first-order valence-corrected chi connectivity index (χ1v) is 3.43. The second-order valence-electron chi connectivity index (χ2n) is 1.82. The van der Waals surface area contributed by atoms with E-state index in [4.69, 9.17) is 28.3 Å². The fourth-order valence-corrected chi connectivity index (χ4v) is 0.816. The lowest BCUT2D eigenvalue weighted by Crippen LogP contribution is -2.07. The molecule has 10 heavy (non-hydrogen) atoms. The van der Waals surface area contributed by atoms with Gasteiger partial charge in [-0.2, -0.15) is 0 Å². The number of rotatable bonds is 1. The fraction of sp³-hybridized carbons (Fsp3) is 0.143. The van der Waals surface area contributed by atoms with Gasteiger partial charge in [0.05, 0.1) is 0 Å². The third-order valence-corrected chi connectivity index (χ3v) is 1.44. The van der Waals surface area contributed by atoms with Crippen molar-refractivity contribution < 1.29 is 5.11 Å². The number of aliphatic hydroxyl groups is 1. The molecule has 1 aromatic carbocycles. The van der Waals surface area contributed by atoms with Crippen LogP contribution in [0.3, 0.4) is 0 Å². The van der Waals surface area contributed by atoms with E-state index >= 15 is 0 Å². The second kappa shape index (κ2) is 2.79. The van der Waals surface area contributed by atoms with Crippen molar-refractivity contribution >= 4 is 23.2 Å². The van der Waals surface area contributed by atoms with E-state index in [9.17, 15) is 0 Å². The smallest absolute Gasteiger partial charge is 0.242 e. The molecule has 0 saturated heterocycles. The molecule has 0 saturated carbocycles. The first-order chi connectivity index (χ1) is 4.61. The van der Waals surface area contributed by atoms with E-state index in [0.717, 1.165) is 0 Å². The van der Waals surface area contributed by atoms with Gasteiger partial charge in [0.15, 0.2) is 0 Å². The molecule has 0 aliphatic heterocycles. The van der Waals surface area contributed by atoms with Crippen LogP contribution in [-0.2, 0) is 4.52 Å². The molecule has 0 amide bonds. The summed E-state index contributed by atoms with van der Waals surface area (Å²) >= 11 is 10.7. The lowest BCUT2D eigenvalue weighted by Gasteiger charge is -2.10. The second-order valence-corrected chi connectivity index (χ2v) is 3.10. The van der Waals surface area contributed by atoms with E-state index in [-0.39, 0.29) is 0 Å². The van der Waals surface area contributed by atoms with E-state index in [0.29, 0.717) is 5.56 Å². The lowest BCUT2D eigenvalue weighted by molar-refractivity contribution is 0.218. The molecule has 1 aromatic rings. The van der Waals surface area contributed by atoms with Crippen molar-refractivity contribution in [3.05, 3.63) is 35.9 Å². The highest BCUT2D eigenvalue weighted by molar-refractivity contribution is 6.46. The number of hydrogen-bond acceptors (Lipinski definition) is 1. The third kappa shape index (κ3) is 1.87. The molecule has 1 N–H and O–H groups in total. The van der Waals surface area contributed by atoms with Crippen molar-refractivity contribution in [1.82, 2.24) is 0 Å². The van der Waals surface area contributed by atoms with Crippen molar-refractivity contribution in [1.29, 1.82) is 0 Å². The summed E-state index contributed by atoms with van der Waals surface area (Å²) in [6.07, 6.45) is 0. The van der Waals surface area contributed by atoms with Crippen LogP contribution in [0.4, 0.5) is 0 Å². The zero-order valence-corrected chi connectivity index (χ0v) is 6.52. The molecular formula is C7H5Cl2O. The van der Waals surface area contributed by atoms with E-state index in [2.05, 4.69) is 6.07 Å². The Kier molecular flexibility index (Phi) is 2.19. The molecule has 0 unspecified atom stereocenters. The Bertz CT molecular complexity index is 203. The Labute approximate surface area is 69.2 Å². The predicted molar refractivity (Wildman–Crippen MR) is 40.9 cm³/mol. The molecule has 1 nitrogen and oxygen atoms in total. The molecule has 0 heterocycles. The Morgan fingerprint density at radius 3 is 2.40 bits per heavy atom.